The molecule has 0 aromatic heterocycles. The van der Waals surface area contributed by atoms with Crippen LogP contribution in [0.2, 0.25) is 5.02 Å². The largest absolute Gasteiger partial charge is 0.496 e. The minimum atomic E-state index is -0.202. The predicted molar refractivity (Wildman–Crippen MR) is 98.8 cm³/mol. The smallest absolute Gasteiger partial charge is 0.255 e. The van der Waals surface area contributed by atoms with Crippen LogP contribution in [0.25, 0.3) is 0 Å². The predicted octanol–water partition coefficient (Wildman–Crippen LogP) is 3.17. The lowest BCUT2D eigenvalue weighted by Crippen LogP contribution is -2.54. The van der Waals surface area contributed by atoms with Crippen LogP contribution in [0.1, 0.15) is 44.0 Å². The van der Waals surface area contributed by atoms with E-state index < -0.39 is 0 Å². The Morgan fingerprint density at radius 2 is 2.21 bits per heavy atom. The van der Waals surface area contributed by atoms with E-state index in [1.807, 2.05) is 0 Å². The minimum Gasteiger partial charge on any atom is -0.496 e. The molecular formula is C18H28ClN3O2. The van der Waals surface area contributed by atoms with Crippen LogP contribution in [-0.4, -0.2) is 43.1 Å². The van der Waals surface area contributed by atoms with E-state index >= 15 is 0 Å². The second-order valence-corrected chi connectivity index (χ2v) is 7.67. The normalized spacial score (nSPS) is 19.1. The summed E-state index contributed by atoms with van der Waals surface area (Å²) in [6.07, 6.45) is 2.49. The number of anilines is 1. The summed E-state index contributed by atoms with van der Waals surface area (Å²) in [5, 5.41) is 3.36. The monoisotopic (exact) mass is 353 g/mol. The molecule has 1 saturated heterocycles. The van der Waals surface area contributed by atoms with Crippen LogP contribution in [0.5, 0.6) is 5.75 Å². The van der Waals surface area contributed by atoms with E-state index in [0.717, 1.165) is 13.1 Å². The van der Waals surface area contributed by atoms with Crippen molar-refractivity contribution in [3.8, 4) is 5.75 Å². The van der Waals surface area contributed by atoms with Crippen LogP contribution >= 0.6 is 11.6 Å². The van der Waals surface area contributed by atoms with Crippen LogP contribution in [0, 0.1) is 5.92 Å². The molecule has 5 nitrogen and oxygen atoms in total. The molecule has 1 aliphatic heterocycles. The summed E-state index contributed by atoms with van der Waals surface area (Å²) in [6.45, 7) is 9.31. The van der Waals surface area contributed by atoms with Gasteiger partial charge in [0.1, 0.15) is 5.75 Å². The number of nitrogens with one attached hydrogen (secondary N) is 1. The Labute approximate surface area is 149 Å². The topological polar surface area (TPSA) is 67.6 Å². The maximum Gasteiger partial charge on any atom is 0.255 e. The fourth-order valence-electron chi connectivity index (χ4n) is 3.16. The van der Waals surface area contributed by atoms with Crippen molar-refractivity contribution in [3.63, 3.8) is 0 Å². The van der Waals surface area contributed by atoms with Gasteiger partial charge in [0.05, 0.1) is 23.4 Å². The molecule has 0 bridgehead atoms. The molecule has 1 atom stereocenters. The van der Waals surface area contributed by atoms with E-state index in [0.29, 0.717) is 34.5 Å². The first kappa shape index (κ1) is 18.9. The molecule has 1 fully saturated rings. The zero-order valence-electron chi connectivity index (χ0n) is 15.0. The number of hydrogen-bond donors (Lipinski definition) is 2. The number of rotatable bonds is 5. The van der Waals surface area contributed by atoms with Crippen molar-refractivity contribution in [2.45, 2.75) is 39.2 Å². The third-order valence-electron chi connectivity index (χ3n) is 4.76. The number of carbonyl (C=O) groups is 1. The maximum absolute atomic E-state index is 12.6. The van der Waals surface area contributed by atoms with E-state index in [1.165, 1.54) is 20.0 Å². The van der Waals surface area contributed by atoms with E-state index in [9.17, 15) is 4.79 Å². The van der Waals surface area contributed by atoms with Gasteiger partial charge in [0.25, 0.3) is 5.91 Å². The molecule has 1 aliphatic rings. The van der Waals surface area contributed by atoms with E-state index in [-0.39, 0.29) is 11.4 Å². The van der Waals surface area contributed by atoms with Crippen LogP contribution in [0.4, 0.5) is 5.69 Å². The Morgan fingerprint density at radius 1 is 1.50 bits per heavy atom. The van der Waals surface area contributed by atoms with Crippen molar-refractivity contribution in [3.05, 3.63) is 22.7 Å². The number of nitrogens with zero attached hydrogens (tertiary/aromatic N) is 1. The quantitative estimate of drug-likeness (QED) is 0.798. The molecule has 6 heteroatoms. The number of nitrogen functional groups attached to an aromatic ring is 1. The number of nitrogens with two attached hydrogens (primary N) is 1. The van der Waals surface area contributed by atoms with Crippen molar-refractivity contribution >= 4 is 23.2 Å². The summed E-state index contributed by atoms with van der Waals surface area (Å²) in [7, 11) is 1.51. The van der Waals surface area contributed by atoms with Gasteiger partial charge < -0.3 is 15.8 Å². The molecule has 3 N–H and O–H groups in total. The third kappa shape index (κ3) is 4.33. The number of amides is 1. The molecule has 1 unspecified atom stereocenters. The van der Waals surface area contributed by atoms with Gasteiger partial charge in [-0.3, -0.25) is 9.69 Å². The molecule has 1 amide bonds. The number of ether oxygens (including phenoxy) is 1. The first-order valence-corrected chi connectivity index (χ1v) is 8.78. The molecule has 0 aliphatic carbocycles. The highest BCUT2D eigenvalue weighted by Crippen LogP contribution is 2.29. The zero-order chi connectivity index (χ0) is 17.9. The molecule has 0 spiro atoms. The van der Waals surface area contributed by atoms with E-state index in [4.69, 9.17) is 22.1 Å². The summed E-state index contributed by atoms with van der Waals surface area (Å²) in [5.41, 5.74) is 6.46. The molecule has 0 saturated carbocycles. The number of carbonyl (C=O) groups excluding carboxylic acids is 1. The number of piperidine rings is 1. The SMILES string of the molecule is COc1cc(N)c(Cl)cc1C(=O)NCC(C)(C)N1CCCC(C)C1. The number of methoxy groups -OCH3 is 1. The highest BCUT2D eigenvalue weighted by Gasteiger charge is 2.30. The molecule has 1 aromatic rings. The Morgan fingerprint density at radius 3 is 2.83 bits per heavy atom. The molecule has 134 valence electrons. The highest BCUT2D eigenvalue weighted by atomic mass is 35.5. The number of halogens is 1. The molecule has 24 heavy (non-hydrogen) atoms. The molecule has 1 heterocycles. The average molecular weight is 354 g/mol. The fourth-order valence-corrected chi connectivity index (χ4v) is 3.32. The summed E-state index contributed by atoms with van der Waals surface area (Å²) >= 11 is 6.05. The first-order valence-electron chi connectivity index (χ1n) is 8.41. The van der Waals surface area contributed by atoms with Gasteiger partial charge in [0, 0.05) is 24.7 Å². The summed E-state index contributed by atoms with van der Waals surface area (Å²) in [5.74, 6) is 0.926. The molecule has 0 radical (unpaired) electrons. The van der Waals surface area contributed by atoms with Gasteiger partial charge in [-0.2, -0.15) is 0 Å². The second kappa shape index (κ2) is 7.62. The van der Waals surface area contributed by atoms with Crippen molar-refractivity contribution < 1.29 is 9.53 Å². The van der Waals surface area contributed by atoms with Gasteiger partial charge >= 0.3 is 0 Å². The van der Waals surface area contributed by atoms with Gasteiger partial charge in [-0.1, -0.05) is 18.5 Å². The second-order valence-electron chi connectivity index (χ2n) is 7.26. The Balaban J connectivity index is 2.06. The molecule has 2 rings (SSSR count). The van der Waals surface area contributed by atoms with Crippen LogP contribution in [0.15, 0.2) is 12.1 Å². The average Bonchev–Trinajstić information content (AvgIpc) is 2.54. The van der Waals surface area contributed by atoms with Gasteiger partial charge in [-0.05, 0) is 45.2 Å². The number of benzene rings is 1. The summed E-state index contributed by atoms with van der Waals surface area (Å²) in [6, 6.07) is 3.13. The Bertz CT molecular complexity index is 604. The number of hydrogen-bond acceptors (Lipinski definition) is 4. The van der Waals surface area contributed by atoms with Crippen molar-refractivity contribution in [2.24, 2.45) is 5.92 Å². The van der Waals surface area contributed by atoms with Gasteiger partial charge in [-0.25, -0.2) is 0 Å². The zero-order valence-corrected chi connectivity index (χ0v) is 15.7. The van der Waals surface area contributed by atoms with Crippen LogP contribution in [-0.2, 0) is 0 Å². The van der Waals surface area contributed by atoms with Gasteiger partial charge in [0.15, 0.2) is 0 Å². The van der Waals surface area contributed by atoms with Crippen LogP contribution < -0.4 is 15.8 Å². The van der Waals surface area contributed by atoms with Crippen molar-refractivity contribution in [2.75, 3.05) is 32.5 Å². The van der Waals surface area contributed by atoms with Gasteiger partial charge in [0.2, 0.25) is 0 Å². The summed E-state index contributed by atoms with van der Waals surface area (Å²) in [4.78, 5) is 15.0. The maximum atomic E-state index is 12.6. The third-order valence-corrected chi connectivity index (χ3v) is 5.09. The molecule has 1 aromatic carbocycles. The first-order chi connectivity index (χ1) is 11.2. The van der Waals surface area contributed by atoms with E-state index in [1.54, 1.807) is 12.1 Å². The summed E-state index contributed by atoms with van der Waals surface area (Å²) < 4.78 is 5.25. The minimum absolute atomic E-state index is 0.102. The van der Waals surface area contributed by atoms with Crippen molar-refractivity contribution in [1.82, 2.24) is 10.2 Å². The van der Waals surface area contributed by atoms with Crippen molar-refractivity contribution in [1.29, 1.82) is 0 Å². The van der Waals surface area contributed by atoms with Gasteiger partial charge in [-0.15, -0.1) is 0 Å². The van der Waals surface area contributed by atoms with Crippen LogP contribution in [0.3, 0.4) is 0 Å². The van der Waals surface area contributed by atoms with E-state index in [2.05, 4.69) is 31.0 Å². The number of likely N-dealkylation sites (tertiary alicyclic amines) is 1. The molecular weight excluding hydrogens is 326 g/mol. The standard InChI is InChI=1S/C18H28ClN3O2/c1-12-6-5-7-22(10-12)18(2,3)11-21-17(23)13-8-14(19)15(20)9-16(13)24-4/h8-9,12H,5-7,10-11,20H2,1-4H3,(H,21,23). The Kier molecular flexibility index (Phi) is 5.99. The Hall–Kier alpha value is -1.46. The lowest BCUT2D eigenvalue weighted by Gasteiger charge is -2.43. The highest BCUT2D eigenvalue weighted by molar-refractivity contribution is 6.33. The lowest BCUT2D eigenvalue weighted by atomic mass is 9.93. The fraction of sp³-hybridized carbons (Fsp3) is 0.611. The lowest BCUT2D eigenvalue weighted by molar-refractivity contribution is 0.0656.